The predicted octanol–water partition coefficient (Wildman–Crippen LogP) is 4.87. The molecule has 3 heterocycles. The van der Waals surface area contributed by atoms with Crippen LogP contribution in [0.1, 0.15) is 18.4 Å². The Morgan fingerprint density at radius 3 is 2.73 bits per heavy atom. The number of nitrogens with zero attached hydrogens (tertiary/aromatic N) is 4. The number of carbonyl (C=O) groups excluding carboxylic acids is 1. The molecule has 1 amide bonds. The molecule has 0 saturated carbocycles. The van der Waals surface area contributed by atoms with Gasteiger partial charge in [0.15, 0.2) is 0 Å². The molecule has 1 N–H and O–H groups in total. The molecule has 7 heteroatoms. The first-order valence-corrected chi connectivity index (χ1v) is 11.3. The first kappa shape index (κ1) is 21.3. The van der Waals surface area contributed by atoms with Gasteiger partial charge >= 0.3 is 6.03 Å². The standard InChI is InChI=1S/C26H26FN5O/c1-18-15-20(6-8-23(18)27)25-22(5-4-10-28-25)19-7-9-24-21(16-19)17-30-32(24)26(33)29-11-14-31-12-2-3-13-31/h4-10,15-17H,2-3,11-14H2,1H3,(H,29,33). The van der Waals surface area contributed by atoms with Crippen LogP contribution in [0.4, 0.5) is 9.18 Å². The van der Waals surface area contributed by atoms with Gasteiger partial charge < -0.3 is 10.2 Å². The van der Waals surface area contributed by atoms with Crippen LogP contribution in [0.25, 0.3) is 33.3 Å². The highest BCUT2D eigenvalue weighted by Crippen LogP contribution is 2.32. The van der Waals surface area contributed by atoms with Crippen LogP contribution in [0.5, 0.6) is 0 Å². The second kappa shape index (κ2) is 9.11. The molecule has 33 heavy (non-hydrogen) atoms. The second-order valence-corrected chi connectivity index (χ2v) is 8.47. The average molecular weight is 444 g/mol. The van der Waals surface area contributed by atoms with Crippen molar-refractivity contribution in [1.29, 1.82) is 0 Å². The summed E-state index contributed by atoms with van der Waals surface area (Å²) in [4.78, 5) is 19.6. The zero-order valence-electron chi connectivity index (χ0n) is 18.6. The largest absolute Gasteiger partial charge is 0.342 e. The Bertz CT molecular complexity index is 1310. The molecule has 6 nitrogen and oxygen atoms in total. The van der Waals surface area contributed by atoms with E-state index in [1.54, 1.807) is 25.4 Å². The van der Waals surface area contributed by atoms with Gasteiger partial charge in [-0.25, -0.2) is 9.18 Å². The third-order valence-corrected chi connectivity index (χ3v) is 6.21. The van der Waals surface area contributed by atoms with E-state index in [0.29, 0.717) is 12.1 Å². The molecule has 1 fully saturated rings. The summed E-state index contributed by atoms with van der Waals surface area (Å²) in [5.41, 5.74) is 4.87. The highest BCUT2D eigenvalue weighted by molar-refractivity contribution is 5.93. The molecular formula is C26H26FN5O. The maximum Gasteiger partial charge on any atom is 0.342 e. The number of nitrogens with one attached hydrogen (secondary N) is 1. The van der Waals surface area contributed by atoms with Crippen molar-refractivity contribution in [3.63, 3.8) is 0 Å². The molecule has 2 aromatic heterocycles. The van der Waals surface area contributed by atoms with Crippen molar-refractivity contribution in [2.45, 2.75) is 19.8 Å². The zero-order valence-corrected chi connectivity index (χ0v) is 18.6. The Morgan fingerprint density at radius 1 is 1.09 bits per heavy atom. The van der Waals surface area contributed by atoms with Crippen molar-refractivity contribution < 1.29 is 9.18 Å². The Hall–Kier alpha value is -3.58. The van der Waals surface area contributed by atoms with E-state index >= 15 is 0 Å². The van der Waals surface area contributed by atoms with Gasteiger partial charge in [0.2, 0.25) is 0 Å². The monoisotopic (exact) mass is 443 g/mol. The number of pyridine rings is 1. The lowest BCUT2D eigenvalue weighted by atomic mass is 9.97. The molecule has 2 aromatic carbocycles. The van der Waals surface area contributed by atoms with Crippen LogP contribution < -0.4 is 5.32 Å². The number of hydrogen-bond donors (Lipinski definition) is 1. The topological polar surface area (TPSA) is 63.1 Å². The van der Waals surface area contributed by atoms with Crippen molar-refractivity contribution in [2.75, 3.05) is 26.2 Å². The Balaban J connectivity index is 1.40. The van der Waals surface area contributed by atoms with Crippen LogP contribution in [0.2, 0.25) is 0 Å². The number of rotatable bonds is 5. The predicted molar refractivity (Wildman–Crippen MR) is 128 cm³/mol. The minimum absolute atomic E-state index is 0.221. The molecule has 0 radical (unpaired) electrons. The molecule has 0 unspecified atom stereocenters. The smallest absolute Gasteiger partial charge is 0.335 e. The van der Waals surface area contributed by atoms with E-state index in [1.165, 1.54) is 23.6 Å². The van der Waals surface area contributed by atoms with E-state index in [2.05, 4.69) is 20.3 Å². The van der Waals surface area contributed by atoms with Crippen LogP contribution >= 0.6 is 0 Å². The molecule has 1 aliphatic rings. The van der Waals surface area contributed by atoms with E-state index in [1.807, 2.05) is 36.4 Å². The van der Waals surface area contributed by atoms with Gasteiger partial charge in [-0.2, -0.15) is 9.78 Å². The molecule has 1 aliphatic heterocycles. The number of halogens is 1. The highest BCUT2D eigenvalue weighted by Gasteiger charge is 2.15. The van der Waals surface area contributed by atoms with Crippen molar-refractivity contribution in [2.24, 2.45) is 0 Å². The fourth-order valence-corrected chi connectivity index (χ4v) is 4.42. The minimum atomic E-state index is -0.233. The van der Waals surface area contributed by atoms with E-state index in [9.17, 15) is 9.18 Å². The summed E-state index contributed by atoms with van der Waals surface area (Å²) < 4.78 is 15.2. The number of carbonyl (C=O) groups is 1. The number of benzene rings is 2. The quantitative estimate of drug-likeness (QED) is 0.478. The van der Waals surface area contributed by atoms with Crippen molar-refractivity contribution in [3.05, 3.63) is 72.3 Å². The van der Waals surface area contributed by atoms with Crippen LogP contribution in [-0.2, 0) is 0 Å². The SMILES string of the molecule is Cc1cc(-c2ncccc2-c2ccc3c(cnn3C(=O)NCCN3CCCC3)c2)ccc1F. The number of aromatic nitrogens is 3. The first-order chi connectivity index (χ1) is 16.1. The van der Waals surface area contributed by atoms with Gasteiger partial charge in [-0.15, -0.1) is 0 Å². The fourth-order valence-electron chi connectivity index (χ4n) is 4.42. The van der Waals surface area contributed by atoms with Crippen LogP contribution in [0.15, 0.2) is 60.9 Å². The van der Waals surface area contributed by atoms with Crippen molar-refractivity contribution in [3.8, 4) is 22.4 Å². The molecule has 0 atom stereocenters. The van der Waals surface area contributed by atoms with Crippen LogP contribution in [0, 0.1) is 12.7 Å². The molecule has 168 valence electrons. The summed E-state index contributed by atoms with van der Waals surface area (Å²) >= 11 is 0. The highest BCUT2D eigenvalue weighted by atomic mass is 19.1. The number of amides is 1. The lowest BCUT2D eigenvalue weighted by molar-refractivity contribution is 0.238. The van der Waals surface area contributed by atoms with Gasteiger partial charge in [0.05, 0.1) is 17.4 Å². The summed E-state index contributed by atoms with van der Waals surface area (Å²) in [5, 5.41) is 8.15. The Labute approximate surface area is 192 Å². The molecule has 5 rings (SSSR count). The van der Waals surface area contributed by atoms with Crippen LogP contribution in [-0.4, -0.2) is 51.9 Å². The summed E-state index contributed by atoms with van der Waals surface area (Å²) in [6.45, 7) is 5.43. The Morgan fingerprint density at radius 2 is 1.91 bits per heavy atom. The maximum atomic E-state index is 13.8. The summed E-state index contributed by atoms with van der Waals surface area (Å²) in [6.07, 6.45) is 5.91. The second-order valence-electron chi connectivity index (χ2n) is 8.47. The van der Waals surface area contributed by atoms with Crippen molar-refractivity contribution >= 4 is 16.9 Å². The fraction of sp³-hybridized carbons (Fsp3) is 0.269. The lowest BCUT2D eigenvalue weighted by Gasteiger charge is -2.14. The van der Waals surface area contributed by atoms with Crippen molar-refractivity contribution in [1.82, 2.24) is 25.0 Å². The third-order valence-electron chi connectivity index (χ3n) is 6.21. The van der Waals surface area contributed by atoms with Gasteiger partial charge in [0.25, 0.3) is 0 Å². The third kappa shape index (κ3) is 4.36. The summed E-state index contributed by atoms with van der Waals surface area (Å²) in [5.74, 6) is -0.233. The molecule has 1 saturated heterocycles. The maximum absolute atomic E-state index is 13.8. The molecular weight excluding hydrogens is 417 g/mol. The molecule has 0 spiro atoms. The molecule has 0 bridgehead atoms. The van der Waals surface area contributed by atoms with Gasteiger partial charge in [0, 0.05) is 35.8 Å². The number of likely N-dealkylation sites (tertiary alicyclic amines) is 1. The normalized spacial score (nSPS) is 14.1. The summed E-state index contributed by atoms with van der Waals surface area (Å²) in [6, 6.07) is 14.6. The number of fused-ring (bicyclic) bond motifs is 1. The van der Waals surface area contributed by atoms with E-state index in [0.717, 1.165) is 52.9 Å². The lowest BCUT2D eigenvalue weighted by Crippen LogP contribution is -2.36. The zero-order chi connectivity index (χ0) is 22.8. The average Bonchev–Trinajstić information content (AvgIpc) is 3.50. The number of hydrogen-bond acceptors (Lipinski definition) is 4. The van der Waals surface area contributed by atoms with Gasteiger partial charge in [-0.1, -0.05) is 12.1 Å². The van der Waals surface area contributed by atoms with E-state index in [4.69, 9.17) is 0 Å². The van der Waals surface area contributed by atoms with Gasteiger partial charge in [-0.05, 0) is 80.4 Å². The van der Waals surface area contributed by atoms with E-state index in [-0.39, 0.29) is 11.8 Å². The van der Waals surface area contributed by atoms with E-state index < -0.39 is 0 Å². The van der Waals surface area contributed by atoms with Gasteiger partial charge in [-0.3, -0.25) is 4.98 Å². The molecule has 4 aromatic rings. The van der Waals surface area contributed by atoms with Crippen LogP contribution in [0.3, 0.4) is 0 Å². The summed E-state index contributed by atoms with van der Waals surface area (Å²) in [7, 11) is 0. The molecule has 0 aliphatic carbocycles. The first-order valence-electron chi connectivity index (χ1n) is 11.3. The number of aryl methyl sites for hydroxylation is 1. The van der Waals surface area contributed by atoms with Gasteiger partial charge in [0.1, 0.15) is 5.82 Å². The minimum Gasteiger partial charge on any atom is -0.335 e. The Kier molecular flexibility index (Phi) is 5.88.